The van der Waals surface area contributed by atoms with Crippen LogP contribution < -0.4 is 11.1 Å². The molecular formula is C25H12N2O4S5. The van der Waals surface area contributed by atoms with Crippen LogP contribution in [0.2, 0.25) is 0 Å². The van der Waals surface area contributed by atoms with E-state index in [4.69, 9.17) is 49.7 Å². The molecule has 2 aromatic heterocycles. The first-order chi connectivity index (χ1) is 17.0. The molecule has 0 atom stereocenters. The first kappa shape index (κ1) is 22.4. The highest BCUT2D eigenvalue weighted by atomic mass is 32.1. The smallest absolute Gasteiger partial charge is 0.271 e. The van der Waals surface area contributed by atoms with E-state index >= 15 is 0 Å². The highest BCUT2D eigenvalue weighted by Crippen LogP contribution is 2.51. The zero-order chi connectivity index (χ0) is 25.5. The Bertz CT molecular complexity index is 2260. The maximum absolute atomic E-state index is 13.0. The molecule has 0 saturated carbocycles. The van der Waals surface area contributed by atoms with Gasteiger partial charge in [-0.05, 0) is 24.3 Å². The molecule has 0 amide bonds. The monoisotopic (exact) mass is 564 g/mol. The Labute approximate surface area is 227 Å². The van der Waals surface area contributed by atoms with Crippen molar-refractivity contribution in [3.63, 3.8) is 0 Å². The van der Waals surface area contributed by atoms with Crippen molar-refractivity contribution >= 4 is 127 Å². The molecule has 2 heterocycles. The second-order valence-electron chi connectivity index (χ2n) is 8.86. The van der Waals surface area contributed by atoms with Crippen molar-refractivity contribution in [2.75, 3.05) is 0 Å². The van der Waals surface area contributed by atoms with Crippen LogP contribution in [0.5, 0.6) is 11.8 Å². The van der Waals surface area contributed by atoms with Crippen LogP contribution in [0.25, 0.3) is 64.6 Å². The van der Waals surface area contributed by atoms with Gasteiger partial charge in [-0.2, -0.15) is 0 Å². The van der Waals surface area contributed by atoms with E-state index in [0.717, 1.165) is 3.97 Å². The van der Waals surface area contributed by atoms with Crippen LogP contribution in [0, 0.1) is 9.02 Å². The van der Waals surface area contributed by atoms with Crippen LogP contribution in [0.15, 0.2) is 43.6 Å². The van der Waals surface area contributed by atoms with Crippen LogP contribution >= 0.6 is 62.5 Å². The molecule has 0 unspecified atom stereocenters. The van der Waals surface area contributed by atoms with Gasteiger partial charge in [0.15, 0.2) is 0 Å². The summed E-state index contributed by atoms with van der Waals surface area (Å²) in [5, 5.41) is 28.3. The largest absolute Gasteiger partial charge is 0.494 e. The summed E-state index contributed by atoms with van der Waals surface area (Å²) in [6, 6.07) is 6.61. The van der Waals surface area contributed by atoms with E-state index in [-0.39, 0.29) is 22.5 Å². The van der Waals surface area contributed by atoms with Gasteiger partial charge in [-0.25, -0.2) is 3.97 Å². The minimum Gasteiger partial charge on any atom is -0.494 e. The quantitative estimate of drug-likeness (QED) is 0.0681. The van der Waals surface area contributed by atoms with Gasteiger partial charge < -0.3 is 10.2 Å². The van der Waals surface area contributed by atoms with Crippen LogP contribution in [-0.4, -0.2) is 18.8 Å². The van der Waals surface area contributed by atoms with Crippen molar-refractivity contribution in [1.29, 1.82) is 0 Å². The topological polar surface area (TPSA) is 84.5 Å². The van der Waals surface area contributed by atoms with Gasteiger partial charge in [0.05, 0.1) is 10.8 Å². The van der Waals surface area contributed by atoms with E-state index in [1.54, 1.807) is 31.3 Å². The maximum Gasteiger partial charge on any atom is 0.271 e. The number of hydrogen-bond acceptors (Lipinski definition) is 9. The van der Waals surface area contributed by atoms with E-state index in [2.05, 4.69) is 12.8 Å². The molecule has 0 aliphatic heterocycles. The molecule has 0 saturated heterocycles. The van der Waals surface area contributed by atoms with Gasteiger partial charge in [-0.3, -0.25) is 14.2 Å². The molecule has 0 aliphatic carbocycles. The van der Waals surface area contributed by atoms with Gasteiger partial charge in [0, 0.05) is 79.7 Å². The van der Waals surface area contributed by atoms with Gasteiger partial charge in [-0.15, -0.1) is 25.3 Å². The van der Waals surface area contributed by atoms with Gasteiger partial charge in [-0.1, -0.05) is 37.3 Å². The fourth-order valence-corrected chi connectivity index (χ4v) is 7.23. The summed E-state index contributed by atoms with van der Waals surface area (Å²) < 4.78 is 2.82. The van der Waals surface area contributed by atoms with Crippen LogP contribution in [0.3, 0.4) is 0 Å². The normalized spacial score (nSPS) is 12.6. The Hall–Kier alpha value is -2.83. The fraction of sp³-hybridized carbons (Fsp3) is 0.0400. The molecule has 11 heteroatoms. The number of aromatic hydroxyl groups is 2. The first-order valence-electron chi connectivity index (χ1n) is 10.6. The minimum atomic E-state index is -0.563. The summed E-state index contributed by atoms with van der Waals surface area (Å²) in [7, 11) is 1.56. The molecule has 2 N–H and O–H groups in total. The molecule has 0 aliphatic rings. The average Bonchev–Trinajstić information content (AvgIpc) is 2.84. The Morgan fingerprint density at radius 2 is 1.03 bits per heavy atom. The van der Waals surface area contributed by atoms with Crippen molar-refractivity contribution in [2.45, 2.75) is 9.79 Å². The molecule has 7 rings (SSSR count). The zero-order valence-corrected chi connectivity index (χ0v) is 22.4. The summed E-state index contributed by atoms with van der Waals surface area (Å²) in [5.41, 5.74) is -1.13. The van der Waals surface area contributed by atoms with E-state index in [1.165, 1.54) is 4.57 Å². The van der Waals surface area contributed by atoms with Crippen LogP contribution in [0.1, 0.15) is 0 Å². The molecule has 0 radical (unpaired) electrons. The Morgan fingerprint density at radius 1 is 0.639 bits per heavy atom. The lowest BCUT2D eigenvalue weighted by Gasteiger charge is -2.22. The zero-order valence-electron chi connectivity index (χ0n) is 18.1. The molecule has 7 aromatic rings. The van der Waals surface area contributed by atoms with Gasteiger partial charge in [0.2, 0.25) is 11.8 Å². The third-order valence-corrected chi connectivity index (χ3v) is 8.87. The third-order valence-electron chi connectivity index (χ3n) is 7.16. The second kappa shape index (κ2) is 6.93. The van der Waals surface area contributed by atoms with Crippen LogP contribution in [-0.2, 0) is 7.05 Å². The van der Waals surface area contributed by atoms with Crippen molar-refractivity contribution in [3.8, 4) is 11.8 Å². The van der Waals surface area contributed by atoms with Gasteiger partial charge >= 0.3 is 0 Å². The second-order valence-corrected chi connectivity index (χ2v) is 11.1. The SMILES string of the molecule is Cn1c(O)c2cc(S)c3c4c(=S)cc5c(=O)n(S)c(=O)c6cc(=S)c(c7c(S)cc(c1O)c2c37)c4c56. The number of pyridine rings is 2. The highest BCUT2D eigenvalue weighted by molar-refractivity contribution is 7.81. The number of hydrogen-bond donors (Lipinski definition) is 5. The van der Waals surface area contributed by atoms with Crippen molar-refractivity contribution in [2.24, 2.45) is 7.05 Å². The first-order valence-corrected chi connectivity index (χ1v) is 12.7. The summed E-state index contributed by atoms with van der Waals surface area (Å²) in [6.07, 6.45) is 0. The lowest BCUT2D eigenvalue weighted by Crippen LogP contribution is -2.27. The summed E-state index contributed by atoms with van der Waals surface area (Å²) in [5.74, 6) is -0.254. The molecule has 0 fully saturated rings. The lowest BCUT2D eigenvalue weighted by molar-refractivity contribution is 0.384. The average molecular weight is 565 g/mol. The number of aromatic nitrogens is 2. The third kappa shape index (κ3) is 2.38. The van der Waals surface area contributed by atoms with E-state index in [1.807, 2.05) is 0 Å². The predicted octanol–water partition coefficient (Wildman–Crippen LogP) is 5.92. The van der Waals surface area contributed by atoms with E-state index < -0.39 is 11.1 Å². The lowest BCUT2D eigenvalue weighted by atomic mass is 9.86. The van der Waals surface area contributed by atoms with E-state index in [9.17, 15) is 19.8 Å². The summed E-state index contributed by atoms with van der Waals surface area (Å²) in [4.78, 5) is 27.1. The molecular weight excluding hydrogens is 553 g/mol. The number of benzene rings is 5. The van der Waals surface area contributed by atoms with Crippen molar-refractivity contribution in [3.05, 3.63) is 54.0 Å². The number of thiol groups is 3. The minimum absolute atomic E-state index is 0.127. The maximum atomic E-state index is 13.0. The summed E-state index contributed by atoms with van der Waals surface area (Å²) in [6.45, 7) is 0. The highest BCUT2D eigenvalue weighted by Gasteiger charge is 2.26. The Morgan fingerprint density at radius 3 is 1.47 bits per heavy atom. The number of rotatable bonds is 0. The number of fused-ring (bicyclic) bond motifs is 2. The molecule has 5 aromatic carbocycles. The molecule has 0 spiro atoms. The Kier molecular flexibility index (Phi) is 4.31. The predicted molar refractivity (Wildman–Crippen MR) is 158 cm³/mol. The molecule has 36 heavy (non-hydrogen) atoms. The Balaban J connectivity index is 2.02. The van der Waals surface area contributed by atoms with Gasteiger partial charge in [0.1, 0.15) is 0 Å². The van der Waals surface area contributed by atoms with Crippen LogP contribution in [0.4, 0.5) is 0 Å². The molecule has 176 valence electrons. The summed E-state index contributed by atoms with van der Waals surface area (Å²) >= 11 is 25.3. The van der Waals surface area contributed by atoms with Gasteiger partial charge in [0.25, 0.3) is 11.1 Å². The van der Waals surface area contributed by atoms with E-state index in [0.29, 0.717) is 72.7 Å². The standard InChI is InChI=1S/C25H12N2O4S5/c1-26-22(28)6-2-10(32)16-18-12(34)4-8-15-9(25(31)27(36)24(8)30)5-13(35)19(21(15)18)17-11(33)3-7(23(26)29)14(6)20(16)17/h2-5,28-29,32-33,36H,1H3. The van der Waals surface area contributed by atoms with Crippen molar-refractivity contribution in [1.82, 2.24) is 8.54 Å². The van der Waals surface area contributed by atoms with Crippen molar-refractivity contribution < 1.29 is 10.2 Å². The fourth-order valence-electron chi connectivity index (χ4n) is 5.67. The molecule has 0 bridgehead atoms. The number of nitrogens with zero attached hydrogens (tertiary/aromatic N) is 2. The molecule has 6 nitrogen and oxygen atoms in total.